The number of hydrogen-bond acceptors (Lipinski definition) is 3. The third kappa shape index (κ3) is 4.22. The number of carboxylic acids is 1. The molecule has 0 spiro atoms. The monoisotopic (exact) mass is 359 g/mol. The van der Waals surface area contributed by atoms with Gasteiger partial charge in [-0.1, -0.05) is 31.5 Å². The zero-order valence-electron chi connectivity index (χ0n) is 16.5. The zero-order valence-corrected chi connectivity index (χ0v) is 16.5. The summed E-state index contributed by atoms with van der Waals surface area (Å²) in [5, 5.41) is 10.0. The quantitative estimate of drug-likeness (QED) is 0.814. The molecule has 26 heavy (non-hydrogen) atoms. The van der Waals surface area contributed by atoms with E-state index in [0.717, 1.165) is 62.2 Å². The standard InChI is InChI=1S/C22H33NO3/c1-4-5-13-23-14-10-16(11-15-23)19(21(24)25)18-8-6-7-17-9-12-22(2,3)26-20(17)18/h6-8,16,19H,4-5,9-15H2,1-3H3,(H,24,25). The number of likely N-dealkylation sites (tertiary alicyclic amines) is 1. The molecule has 0 aliphatic carbocycles. The molecule has 1 fully saturated rings. The van der Waals surface area contributed by atoms with Gasteiger partial charge in [-0.2, -0.15) is 0 Å². The van der Waals surface area contributed by atoms with Crippen molar-refractivity contribution in [3.63, 3.8) is 0 Å². The highest BCUT2D eigenvalue weighted by atomic mass is 16.5. The van der Waals surface area contributed by atoms with Gasteiger partial charge < -0.3 is 14.7 Å². The van der Waals surface area contributed by atoms with E-state index in [9.17, 15) is 9.90 Å². The Morgan fingerprint density at radius 1 is 1.35 bits per heavy atom. The van der Waals surface area contributed by atoms with E-state index in [4.69, 9.17) is 4.74 Å². The van der Waals surface area contributed by atoms with Crippen LogP contribution < -0.4 is 4.74 Å². The highest BCUT2D eigenvalue weighted by Gasteiger charge is 2.37. The van der Waals surface area contributed by atoms with Crippen molar-refractivity contribution in [2.45, 2.75) is 70.8 Å². The van der Waals surface area contributed by atoms with Crippen LogP contribution in [0.25, 0.3) is 0 Å². The number of rotatable bonds is 6. The molecule has 0 radical (unpaired) electrons. The van der Waals surface area contributed by atoms with Crippen LogP contribution in [0.15, 0.2) is 18.2 Å². The van der Waals surface area contributed by atoms with Gasteiger partial charge in [-0.25, -0.2) is 0 Å². The number of fused-ring (bicyclic) bond motifs is 1. The van der Waals surface area contributed by atoms with Crippen LogP contribution in [0, 0.1) is 5.92 Å². The lowest BCUT2D eigenvalue weighted by molar-refractivity contribution is -0.140. The molecule has 3 rings (SSSR count). The molecule has 2 aliphatic heterocycles. The van der Waals surface area contributed by atoms with Gasteiger partial charge in [0, 0.05) is 5.56 Å². The van der Waals surface area contributed by atoms with Crippen LogP contribution in [-0.2, 0) is 11.2 Å². The fraction of sp³-hybridized carbons (Fsp3) is 0.682. The molecule has 1 N–H and O–H groups in total. The maximum absolute atomic E-state index is 12.2. The van der Waals surface area contributed by atoms with Crippen molar-refractivity contribution < 1.29 is 14.6 Å². The summed E-state index contributed by atoms with van der Waals surface area (Å²) in [6.07, 6.45) is 6.26. The van der Waals surface area contributed by atoms with Crippen molar-refractivity contribution >= 4 is 5.97 Å². The molecule has 1 unspecified atom stereocenters. The Bertz CT molecular complexity index is 632. The zero-order chi connectivity index (χ0) is 18.7. The summed E-state index contributed by atoms with van der Waals surface area (Å²) in [7, 11) is 0. The summed E-state index contributed by atoms with van der Waals surface area (Å²) in [6, 6.07) is 6.06. The van der Waals surface area contributed by atoms with Crippen molar-refractivity contribution in [2.75, 3.05) is 19.6 Å². The SMILES string of the molecule is CCCCN1CCC(C(C(=O)O)c2cccc3c2OC(C)(C)CC3)CC1. The van der Waals surface area contributed by atoms with Crippen LogP contribution >= 0.6 is 0 Å². The van der Waals surface area contributed by atoms with Crippen LogP contribution in [0.2, 0.25) is 0 Å². The van der Waals surface area contributed by atoms with Gasteiger partial charge in [0.15, 0.2) is 0 Å². The number of carbonyl (C=O) groups is 1. The highest BCUT2D eigenvalue weighted by molar-refractivity contribution is 5.78. The molecule has 1 aromatic carbocycles. The minimum atomic E-state index is -0.711. The Hall–Kier alpha value is -1.55. The highest BCUT2D eigenvalue weighted by Crippen LogP contribution is 2.43. The molecule has 0 bridgehead atoms. The van der Waals surface area contributed by atoms with E-state index in [1.54, 1.807) is 0 Å². The van der Waals surface area contributed by atoms with Gasteiger partial charge in [-0.3, -0.25) is 4.79 Å². The van der Waals surface area contributed by atoms with E-state index < -0.39 is 11.9 Å². The number of ether oxygens (including phenoxy) is 1. The predicted octanol–water partition coefficient (Wildman–Crippen LogP) is 4.47. The molecule has 2 heterocycles. The van der Waals surface area contributed by atoms with Gasteiger partial charge in [-0.15, -0.1) is 0 Å². The molecule has 1 atom stereocenters. The van der Waals surface area contributed by atoms with Gasteiger partial charge in [0.05, 0.1) is 5.92 Å². The lowest BCUT2D eigenvalue weighted by Gasteiger charge is -2.38. The number of benzene rings is 1. The molecule has 1 aromatic rings. The lowest BCUT2D eigenvalue weighted by atomic mass is 9.78. The number of hydrogen-bond donors (Lipinski definition) is 1. The molecule has 4 nitrogen and oxygen atoms in total. The topological polar surface area (TPSA) is 49.8 Å². The summed E-state index contributed by atoms with van der Waals surface area (Å²) in [5.74, 6) is -0.153. The van der Waals surface area contributed by atoms with Crippen molar-refractivity contribution in [1.29, 1.82) is 0 Å². The van der Waals surface area contributed by atoms with E-state index in [0.29, 0.717) is 0 Å². The number of unbranched alkanes of at least 4 members (excludes halogenated alkanes) is 1. The maximum atomic E-state index is 12.2. The van der Waals surface area contributed by atoms with Crippen molar-refractivity contribution in [3.05, 3.63) is 29.3 Å². The second-order valence-corrected chi connectivity index (χ2v) is 8.55. The largest absolute Gasteiger partial charge is 0.487 e. The smallest absolute Gasteiger partial charge is 0.311 e. The number of aryl methyl sites for hydroxylation is 1. The van der Waals surface area contributed by atoms with Crippen LogP contribution in [0.5, 0.6) is 5.75 Å². The molecule has 0 saturated carbocycles. The minimum absolute atomic E-state index is 0.186. The molecular weight excluding hydrogens is 326 g/mol. The van der Waals surface area contributed by atoms with E-state index in [2.05, 4.69) is 31.7 Å². The number of carboxylic acid groups (broad SMARTS) is 1. The van der Waals surface area contributed by atoms with Crippen molar-refractivity contribution in [2.24, 2.45) is 5.92 Å². The maximum Gasteiger partial charge on any atom is 0.311 e. The molecular formula is C22H33NO3. The second kappa shape index (κ2) is 7.99. The fourth-order valence-corrected chi connectivity index (χ4v) is 4.41. The number of piperidine rings is 1. The van der Waals surface area contributed by atoms with E-state index >= 15 is 0 Å². The van der Waals surface area contributed by atoms with E-state index in [1.165, 1.54) is 12.8 Å². The molecule has 2 aliphatic rings. The first kappa shape index (κ1) is 19.2. The van der Waals surface area contributed by atoms with Gasteiger partial charge >= 0.3 is 5.97 Å². The number of nitrogens with zero attached hydrogens (tertiary/aromatic N) is 1. The average Bonchev–Trinajstić information content (AvgIpc) is 2.61. The second-order valence-electron chi connectivity index (χ2n) is 8.55. The first-order valence-electron chi connectivity index (χ1n) is 10.2. The average molecular weight is 360 g/mol. The van der Waals surface area contributed by atoms with Crippen LogP contribution in [0.1, 0.15) is 69.9 Å². The predicted molar refractivity (Wildman–Crippen MR) is 104 cm³/mol. The van der Waals surface area contributed by atoms with E-state index in [-0.39, 0.29) is 11.5 Å². The Morgan fingerprint density at radius 3 is 2.73 bits per heavy atom. The third-order valence-electron chi connectivity index (χ3n) is 6.03. The van der Waals surface area contributed by atoms with Crippen molar-refractivity contribution in [3.8, 4) is 5.75 Å². The molecule has 0 amide bonds. The third-order valence-corrected chi connectivity index (χ3v) is 6.03. The number of para-hydroxylation sites is 1. The lowest BCUT2D eigenvalue weighted by Crippen LogP contribution is -2.38. The van der Waals surface area contributed by atoms with Crippen molar-refractivity contribution in [1.82, 2.24) is 4.90 Å². The normalized spacial score (nSPS) is 21.7. The first-order chi connectivity index (χ1) is 12.4. The molecule has 1 saturated heterocycles. The van der Waals surface area contributed by atoms with Gasteiger partial charge in [0.1, 0.15) is 11.4 Å². The molecule has 4 heteroatoms. The minimum Gasteiger partial charge on any atom is -0.487 e. The van der Waals surface area contributed by atoms with Gasteiger partial charge in [0.2, 0.25) is 0 Å². The summed E-state index contributed by atoms with van der Waals surface area (Å²) < 4.78 is 6.27. The fourth-order valence-electron chi connectivity index (χ4n) is 4.41. The Balaban J connectivity index is 1.81. The van der Waals surface area contributed by atoms with Crippen LogP contribution in [0.3, 0.4) is 0 Å². The summed E-state index contributed by atoms with van der Waals surface area (Å²) >= 11 is 0. The van der Waals surface area contributed by atoms with Crippen LogP contribution in [-0.4, -0.2) is 41.2 Å². The molecule has 0 aromatic heterocycles. The van der Waals surface area contributed by atoms with E-state index in [1.807, 2.05) is 12.1 Å². The molecule has 144 valence electrons. The van der Waals surface area contributed by atoms with Gasteiger partial charge in [-0.05, 0) is 77.1 Å². The summed E-state index contributed by atoms with van der Waals surface area (Å²) in [5.41, 5.74) is 1.82. The summed E-state index contributed by atoms with van der Waals surface area (Å²) in [6.45, 7) is 9.56. The summed E-state index contributed by atoms with van der Waals surface area (Å²) in [4.78, 5) is 14.7. The first-order valence-corrected chi connectivity index (χ1v) is 10.2. The Morgan fingerprint density at radius 2 is 2.08 bits per heavy atom. The Labute approximate surface area is 157 Å². The Kier molecular flexibility index (Phi) is 5.91. The van der Waals surface area contributed by atoms with Crippen LogP contribution in [0.4, 0.5) is 0 Å². The number of aliphatic carboxylic acids is 1. The van der Waals surface area contributed by atoms with Gasteiger partial charge in [0.25, 0.3) is 0 Å².